The number of carbonyl (C=O) groups excluding carboxylic acids is 2. The quantitative estimate of drug-likeness (QED) is 0.528. The normalized spacial score (nSPS) is 21.3. The highest BCUT2D eigenvalue weighted by Gasteiger charge is 2.54. The SMILES string of the molecule is CCOCCOc1ccc(N2CC[N+]3=C2N=C2C3C(=O)N(C)C(=O)N2C)cc1. The molecule has 3 aliphatic heterocycles. The highest BCUT2D eigenvalue weighted by atomic mass is 16.5. The Labute approximate surface area is 163 Å². The molecule has 1 saturated heterocycles. The number of anilines is 1. The van der Waals surface area contributed by atoms with Crippen LogP contribution >= 0.6 is 0 Å². The lowest BCUT2D eigenvalue weighted by molar-refractivity contribution is -0.525. The van der Waals surface area contributed by atoms with Gasteiger partial charge in [0, 0.05) is 20.7 Å². The molecular weight excluding hydrogens is 362 g/mol. The van der Waals surface area contributed by atoms with Crippen LogP contribution in [0.1, 0.15) is 6.92 Å². The van der Waals surface area contributed by atoms with E-state index in [-0.39, 0.29) is 11.9 Å². The maximum absolute atomic E-state index is 12.6. The molecule has 148 valence electrons. The molecule has 9 nitrogen and oxygen atoms in total. The lowest BCUT2D eigenvalue weighted by Gasteiger charge is -2.31. The Kier molecular flexibility index (Phi) is 4.76. The van der Waals surface area contributed by atoms with Crippen molar-refractivity contribution in [3.05, 3.63) is 24.3 Å². The van der Waals surface area contributed by atoms with Crippen LogP contribution in [-0.4, -0.2) is 91.2 Å². The van der Waals surface area contributed by atoms with Crippen LogP contribution in [0.15, 0.2) is 29.3 Å². The molecule has 4 rings (SSSR count). The van der Waals surface area contributed by atoms with Crippen molar-refractivity contribution in [2.75, 3.05) is 51.9 Å². The summed E-state index contributed by atoms with van der Waals surface area (Å²) in [6.07, 6.45) is 0. The minimum atomic E-state index is -0.533. The molecule has 0 bridgehead atoms. The van der Waals surface area contributed by atoms with E-state index in [1.807, 2.05) is 35.8 Å². The van der Waals surface area contributed by atoms with E-state index in [0.29, 0.717) is 38.2 Å². The number of rotatable bonds is 6. The van der Waals surface area contributed by atoms with Gasteiger partial charge in [0.15, 0.2) is 0 Å². The molecule has 1 aromatic carbocycles. The van der Waals surface area contributed by atoms with Crippen molar-refractivity contribution < 1.29 is 23.6 Å². The van der Waals surface area contributed by atoms with Gasteiger partial charge in [0.05, 0.1) is 13.2 Å². The third-order valence-corrected chi connectivity index (χ3v) is 5.16. The van der Waals surface area contributed by atoms with Gasteiger partial charge in [-0.05, 0) is 31.2 Å². The molecule has 3 amide bonds. The number of ether oxygens (including phenoxy) is 2. The summed E-state index contributed by atoms with van der Waals surface area (Å²) in [6, 6.07) is 6.87. The zero-order valence-electron chi connectivity index (χ0n) is 16.3. The number of likely N-dealkylation sites (N-methyl/N-ethyl adjacent to an activating group) is 2. The molecule has 0 spiro atoms. The third kappa shape index (κ3) is 2.91. The second kappa shape index (κ2) is 7.23. The number of urea groups is 1. The van der Waals surface area contributed by atoms with Crippen molar-refractivity contribution in [3.8, 4) is 5.75 Å². The van der Waals surface area contributed by atoms with Crippen LogP contribution in [0.5, 0.6) is 5.75 Å². The van der Waals surface area contributed by atoms with Gasteiger partial charge in [0.1, 0.15) is 24.6 Å². The fraction of sp³-hybridized carbons (Fsp3) is 0.474. The highest BCUT2D eigenvalue weighted by Crippen LogP contribution is 2.27. The number of carbonyl (C=O) groups is 2. The Balaban J connectivity index is 1.53. The molecule has 0 N–H and O–H groups in total. The van der Waals surface area contributed by atoms with E-state index in [1.165, 1.54) is 11.9 Å². The molecule has 9 heteroatoms. The summed E-state index contributed by atoms with van der Waals surface area (Å²) in [5.74, 6) is 1.73. The Morgan fingerprint density at radius 2 is 1.89 bits per heavy atom. The van der Waals surface area contributed by atoms with Gasteiger partial charge in [-0.15, -0.1) is 0 Å². The van der Waals surface area contributed by atoms with E-state index in [1.54, 1.807) is 7.05 Å². The average molecular weight is 386 g/mol. The molecule has 0 saturated carbocycles. The molecule has 3 aliphatic rings. The van der Waals surface area contributed by atoms with E-state index in [4.69, 9.17) is 9.47 Å². The maximum Gasteiger partial charge on any atom is 0.397 e. The minimum Gasteiger partial charge on any atom is -0.491 e. The first-order valence-electron chi connectivity index (χ1n) is 9.38. The lowest BCUT2D eigenvalue weighted by atomic mass is 10.1. The van der Waals surface area contributed by atoms with Gasteiger partial charge in [0.25, 0.3) is 5.91 Å². The Morgan fingerprint density at radius 3 is 2.61 bits per heavy atom. The largest absolute Gasteiger partial charge is 0.491 e. The van der Waals surface area contributed by atoms with Crippen LogP contribution in [0.25, 0.3) is 0 Å². The van der Waals surface area contributed by atoms with Crippen LogP contribution < -0.4 is 9.64 Å². The smallest absolute Gasteiger partial charge is 0.397 e. The maximum atomic E-state index is 12.6. The number of amidine groups is 1. The number of amides is 3. The number of hydrogen-bond donors (Lipinski definition) is 0. The molecule has 0 radical (unpaired) electrons. The monoisotopic (exact) mass is 386 g/mol. The number of aliphatic imine (C=N–C) groups is 1. The number of guanidine groups is 1. The summed E-state index contributed by atoms with van der Waals surface area (Å²) < 4.78 is 12.9. The Morgan fingerprint density at radius 1 is 1.14 bits per heavy atom. The lowest BCUT2D eigenvalue weighted by Crippen LogP contribution is -2.61. The highest BCUT2D eigenvalue weighted by molar-refractivity contribution is 6.24. The van der Waals surface area contributed by atoms with Crippen LogP contribution in [0.2, 0.25) is 0 Å². The predicted octanol–water partition coefficient (Wildman–Crippen LogP) is 0.595. The van der Waals surface area contributed by atoms with Crippen LogP contribution in [0.3, 0.4) is 0 Å². The Hall–Kier alpha value is -2.94. The van der Waals surface area contributed by atoms with Crippen molar-refractivity contribution in [1.82, 2.24) is 9.80 Å². The molecule has 1 fully saturated rings. The Bertz CT molecular complexity index is 864. The molecule has 0 aromatic heterocycles. The third-order valence-electron chi connectivity index (χ3n) is 5.16. The first kappa shape index (κ1) is 18.4. The van der Waals surface area contributed by atoms with Crippen molar-refractivity contribution in [1.29, 1.82) is 0 Å². The number of imide groups is 1. The summed E-state index contributed by atoms with van der Waals surface area (Å²) in [5, 5.41) is 0. The summed E-state index contributed by atoms with van der Waals surface area (Å²) >= 11 is 0. The van der Waals surface area contributed by atoms with Crippen molar-refractivity contribution in [2.45, 2.75) is 13.0 Å². The topological polar surface area (TPSA) is 77.7 Å². The van der Waals surface area contributed by atoms with Crippen LogP contribution in [0.4, 0.5) is 10.5 Å². The molecule has 3 heterocycles. The molecule has 1 atom stereocenters. The second-order valence-corrected chi connectivity index (χ2v) is 6.80. The van der Waals surface area contributed by atoms with Gasteiger partial charge in [-0.1, -0.05) is 4.99 Å². The van der Waals surface area contributed by atoms with Crippen molar-refractivity contribution in [3.63, 3.8) is 0 Å². The standard InChI is InChI=1S/C19H24N5O4/c1-4-27-11-12-28-14-7-5-13(6-8-14)23-9-10-24-15-16(20-18(23)24)21(2)19(26)22(3)17(15)25/h5-8,15H,4,9-12H2,1-3H3/q+1. The van der Waals surface area contributed by atoms with Gasteiger partial charge in [-0.25, -0.2) is 14.3 Å². The van der Waals surface area contributed by atoms with Gasteiger partial charge in [-0.2, -0.15) is 0 Å². The summed E-state index contributed by atoms with van der Waals surface area (Å²) in [6.45, 7) is 5.09. The zero-order valence-corrected chi connectivity index (χ0v) is 16.3. The van der Waals surface area contributed by atoms with E-state index in [2.05, 4.69) is 9.89 Å². The van der Waals surface area contributed by atoms with Crippen LogP contribution in [0, 0.1) is 0 Å². The summed E-state index contributed by atoms with van der Waals surface area (Å²) in [5.41, 5.74) is 0.965. The predicted molar refractivity (Wildman–Crippen MR) is 103 cm³/mol. The van der Waals surface area contributed by atoms with Gasteiger partial charge in [0.2, 0.25) is 11.9 Å². The van der Waals surface area contributed by atoms with E-state index >= 15 is 0 Å². The van der Waals surface area contributed by atoms with Crippen molar-refractivity contribution >= 4 is 29.4 Å². The molecule has 1 unspecified atom stereocenters. The first-order valence-corrected chi connectivity index (χ1v) is 9.38. The molecule has 28 heavy (non-hydrogen) atoms. The fourth-order valence-corrected chi connectivity index (χ4v) is 3.67. The summed E-state index contributed by atoms with van der Waals surface area (Å²) in [4.78, 5) is 34.1. The van der Waals surface area contributed by atoms with Gasteiger partial charge >= 0.3 is 12.0 Å². The second-order valence-electron chi connectivity index (χ2n) is 6.80. The molecule has 1 aromatic rings. The number of hydrogen-bond acceptors (Lipinski definition) is 6. The number of benzene rings is 1. The number of nitrogens with zero attached hydrogens (tertiary/aromatic N) is 5. The minimum absolute atomic E-state index is 0.239. The molecule has 0 aliphatic carbocycles. The van der Waals surface area contributed by atoms with Crippen molar-refractivity contribution in [2.24, 2.45) is 4.99 Å². The average Bonchev–Trinajstić information content (AvgIpc) is 3.28. The number of fused-ring (bicyclic) bond motifs is 2. The van der Waals surface area contributed by atoms with Crippen LogP contribution in [-0.2, 0) is 9.53 Å². The summed E-state index contributed by atoms with van der Waals surface area (Å²) in [7, 11) is 3.16. The van der Waals surface area contributed by atoms with Gasteiger partial charge < -0.3 is 9.47 Å². The molecular formula is C19H24N5O4+. The fourth-order valence-electron chi connectivity index (χ4n) is 3.67. The van der Waals surface area contributed by atoms with E-state index in [9.17, 15) is 9.59 Å². The van der Waals surface area contributed by atoms with Gasteiger partial charge in [-0.3, -0.25) is 14.6 Å². The first-order chi connectivity index (χ1) is 13.5. The zero-order chi connectivity index (χ0) is 19.8. The van der Waals surface area contributed by atoms with E-state index < -0.39 is 6.04 Å². The van der Waals surface area contributed by atoms with E-state index in [0.717, 1.165) is 22.9 Å².